The van der Waals surface area contributed by atoms with Crippen LogP contribution in [0.4, 0.5) is 5.69 Å². The molecule has 0 aliphatic rings. The van der Waals surface area contributed by atoms with Gasteiger partial charge in [0, 0.05) is 6.07 Å². The number of hydrogen-bond acceptors (Lipinski definition) is 4. The fourth-order valence-electron chi connectivity index (χ4n) is 1.87. The Bertz CT molecular complexity index is 724. The van der Waals surface area contributed by atoms with Crippen LogP contribution < -0.4 is 4.74 Å². The highest BCUT2D eigenvalue weighted by Crippen LogP contribution is 2.33. The number of carboxylic acids is 1. The third-order valence-electron chi connectivity index (χ3n) is 2.95. The lowest BCUT2D eigenvalue weighted by Crippen LogP contribution is -1.99. The number of aromatic carboxylic acids is 1. The van der Waals surface area contributed by atoms with E-state index in [-0.39, 0.29) is 17.0 Å². The fraction of sp³-hybridized carbons (Fsp3) is 0.133. The quantitative estimate of drug-likeness (QED) is 0.684. The van der Waals surface area contributed by atoms with Crippen LogP contribution in [0.5, 0.6) is 11.5 Å². The van der Waals surface area contributed by atoms with Crippen LogP contribution in [-0.4, -0.2) is 16.0 Å². The molecule has 0 bridgehead atoms. The van der Waals surface area contributed by atoms with Crippen molar-refractivity contribution in [3.63, 3.8) is 0 Å². The summed E-state index contributed by atoms with van der Waals surface area (Å²) < 4.78 is 5.58. The first-order chi connectivity index (χ1) is 9.88. The zero-order valence-corrected chi connectivity index (χ0v) is 11.5. The molecule has 2 aromatic rings. The van der Waals surface area contributed by atoms with Crippen molar-refractivity contribution >= 4 is 11.7 Å². The summed E-state index contributed by atoms with van der Waals surface area (Å²) in [7, 11) is 0. The molecule has 0 fully saturated rings. The minimum Gasteiger partial charge on any atom is -0.478 e. The Morgan fingerprint density at radius 1 is 1.14 bits per heavy atom. The Morgan fingerprint density at radius 2 is 1.86 bits per heavy atom. The van der Waals surface area contributed by atoms with Gasteiger partial charge in [0.1, 0.15) is 5.75 Å². The molecule has 0 radical (unpaired) electrons. The van der Waals surface area contributed by atoms with Gasteiger partial charge in [0.15, 0.2) is 0 Å². The molecule has 2 aromatic carbocycles. The Kier molecular flexibility index (Phi) is 3.89. The maximum atomic E-state index is 11.0. The van der Waals surface area contributed by atoms with Crippen LogP contribution in [0.25, 0.3) is 0 Å². The number of ether oxygens (including phenoxy) is 1. The molecule has 0 amide bonds. The van der Waals surface area contributed by atoms with Gasteiger partial charge in [-0.3, -0.25) is 10.1 Å². The molecule has 0 saturated carbocycles. The van der Waals surface area contributed by atoms with Gasteiger partial charge in [0.05, 0.1) is 10.5 Å². The largest absolute Gasteiger partial charge is 0.478 e. The molecule has 108 valence electrons. The number of nitro groups is 1. The molecule has 0 aliphatic heterocycles. The topological polar surface area (TPSA) is 89.7 Å². The summed E-state index contributed by atoms with van der Waals surface area (Å²) in [6.45, 7) is 3.49. The molecule has 6 nitrogen and oxygen atoms in total. The van der Waals surface area contributed by atoms with Gasteiger partial charge in [-0.2, -0.15) is 0 Å². The van der Waals surface area contributed by atoms with E-state index in [1.807, 2.05) is 0 Å². The normalized spacial score (nSPS) is 10.2. The van der Waals surface area contributed by atoms with E-state index in [0.29, 0.717) is 11.3 Å². The van der Waals surface area contributed by atoms with Crippen molar-refractivity contribution < 1.29 is 19.6 Å². The number of hydrogen-bond donors (Lipinski definition) is 1. The second-order valence-electron chi connectivity index (χ2n) is 4.62. The first-order valence-corrected chi connectivity index (χ1v) is 6.15. The zero-order valence-electron chi connectivity index (χ0n) is 11.5. The summed E-state index contributed by atoms with van der Waals surface area (Å²) in [5.41, 5.74) is 1.42. The van der Waals surface area contributed by atoms with E-state index in [4.69, 9.17) is 9.84 Å². The van der Waals surface area contributed by atoms with Crippen LogP contribution in [0.3, 0.4) is 0 Å². The molecular formula is C15H13NO5. The van der Waals surface area contributed by atoms with Gasteiger partial charge < -0.3 is 9.84 Å². The van der Waals surface area contributed by atoms with Crippen molar-refractivity contribution in [3.8, 4) is 11.5 Å². The standard InChI is InChI=1S/C15H13NO5/c1-9-3-5-12(16(19)20)14(7-9)21-13-6-4-11(15(17)18)8-10(13)2/h3-8H,1-2H3,(H,17,18). The third kappa shape index (κ3) is 3.17. The zero-order chi connectivity index (χ0) is 15.6. The van der Waals surface area contributed by atoms with Crippen LogP contribution in [0.15, 0.2) is 36.4 Å². The number of carboxylic acid groups (broad SMARTS) is 1. The second kappa shape index (κ2) is 5.62. The molecule has 2 rings (SSSR count). The van der Waals surface area contributed by atoms with Gasteiger partial charge in [-0.1, -0.05) is 6.07 Å². The summed E-state index contributed by atoms with van der Waals surface area (Å²) in [5.74, 6) is -0.522. The highest BCUT2D eigenvalue weighted by molar-refractivity contribution is 5.88. The van der Waals surface area contributed by atoms with Crippen molar-refractivity contribution in [2.24, 2.45) is 0 Å². The van der Waals surface area contributed by atoms with Gasteiger partial charge in [-0.05, 0) is 49.2 Å². The van der Waals surface area contributed by atoms with Gasteiger partial charge in [0.2, 0.25) is 5.75 Å². The average Bonchev–Trinajstić information content (AvgIpc) is 2.40. The van der Waals surface area contributed by atoms with Gasteiger partial charge in [0.25, 0.3) is 0 Å². The molecule has 0 aliphatic carbocycles. The Morgan fingerprint density at radius 3 is 2.43 bits per heavy atom. The summed E-state index contributed by atoms with van der Waals surface area (Å²) in [6.07, 6.45) is 0. The molecule has 6 heteroatoms. The lowest BCUT2D eigenvalue weighted by atomic mass is 10.1. The van der Waals surface area contributed by atoms with E-state index < -0.39 is 10.9 Å². The smallest absolute Gasteiger partial charge is 0.335 e. The van der Waals surface area contributed by atoms with Crippen molar-refractivity contribution in [3.05, 3.63) is 63.2 Å². The van der Waals surface area contributed by atoms with Crippen LogP contribution in [0, 0.1) is 24.0 Å². The minimum atomic E-state index is -1.04. The molecule has 0 unspecified atom stereocenters. The number of rotatable bonds is 4. The molecule has 0 aromatic heterocycles. The average molecular weight is 287 g/mol. The highest BCUT2D eigenvalue weighted by atomic mass is 16.6. The van der Waals surface area contributed by atoms with E-state index in [1.54, 1.807) is 26.0 Å². The lowest BCUT2D eigenvalue weighted by molar-refractivity contribution is -0.385. The van der Waals surface area contributed by atoms with Crippen LogP contribution >= 0.6 is 0 Å². The predicted octanol–water partition coefficient (Wildman–Crippen LogP) is 3.70. The number of aryl methyl sites for hydroxylation is 2. The molecule has 0 atom stereocenters. The van der Waals surface area contributed by atoms with E-state index in [1.165, 1.54) is 24.3 Å². The second-order valence-corrected chi connectivity index (χ2v) is 4.62. The summed E-state index contributed by atoms with van der Waals surface area (Å²) >= 11 is 0. The van der Waals surface area contributed by atoms with E-state index in [9.17, 15) is 14.9 Å². The fourth-order valence-corrected chi connectivity index (χ4v) is 1.87. The summed E-state index contributed by atoms with van der Waals surface area (Å²) in [6, 6.07) is 8.93. The van der Waals surface area contributed by atoms with Crippen molar-refractivity contribution in [2.75, 3.05) is 0 Å². The first-order valence-electron chi connectivity index (χ1n) is 6.15. The third-order valence-corrected chi connectivity index (χ3v) is 2.95. The molecule has 21 heavy (non-hydrogen) atoms. The Labute approximate surface area is 120 Å². The number of nitrogens with zero attached hydrogens (tertiary/aromatic N) is 1. The lowest BCUT2D eigenvalue weighted by Gasteiger charge is -2.10. The maximum absolute atomic E-state index is 11.0. The monoisotopic (exact) mass is 287 g/mol. The Balaban J connectivity index is 2.40. The molecular weight excluding hydrogens is 274 g/mol. The van der Waals surface area contributed by atoms with Crippen molar-refractivity contribution in [1.29, 1.82) is 0 Å². The van der Waals surface area contributed by atoms with Gasteiger partial charge >= 0.3 is 11.7 Å². The number of carbonyl (C=O) groups is 1. The highest BCUT2D eigenvalue weighted by Gasteiger charge is 2.17. The number of benzene rings is 2. The molecule has 0 heterocycles. The Hall–Kier alpha value is -2.89. The van der Waals surface area contributed by atoms with Gasteiger partial charge in [-0.15, -0.1) is 0 Å². The summed E-state index contributed by atoms with van der Waals surface area (Å²) in [5, 5.41) is 19.9. The SMILES string of the molecule is Cc1ccc([N+](=O)[O-])c(Oc2ccc(C(=O)O)cc2C)c1. The maximum Gasteiger partial charge on any atom is 0.335 e. The van der Waals surface area contributed by atoms with Crippen LogP contribution in [0.1, 0.15) is 21.5 Å². The van der Waals surface area contributed by atoms with E-state index in [2.05, 4.69) is 0 Å². The van der Waals surface area contributed by atoms with E-state index in [0.717, 1.165) is 5.56 Å². The summed E-state index contributed by atoms with van der Waals surface area (Å²) in [4.78, 5) is 21.4. The van der Waals surface area contributed by atoms with Gasteiger partial charge in [-0.25, -0.2) is 4.79 Å². The minimum absolute atomic E-state index is 0.131. The predicted molar refractivity (Wildman–Crippen MR) is 76.0 cm³/mol. The first kappa shape index (κ1) is 14.5. The molecule has 0 saturated heterocycles. The van der Waals surface area contributed by atoms with E-state index >= 15 is 0 Å². The molecule has 0 spiro atoms. The molecule has 1 N–H and O–H groups in total. The van der Waals surface area contributed by atoms with Crippen LogP contribution in [0.2, 0.25) is 0 Å². The van der Waals surface area contributed by atoms with Crippen LogP contribution in [-0.2, 0) is 0 Å². The van der Waals surface area contributed by atoms with Crippen molar-refractivity contribution in [1.82, 2.24) is 0 Å². The number of nitro benzene ring substituents is 1. The van der Waals surface area contributed by atoms with Crippen molar-refractivity contribution in [2.45, 2.75) is 13.8 Å².